The maximum absolute atomic E-state index is 11.9. The summed E-state index contributed by atoms with van der Waals surface area (Å²) >= 11 is 4.07. The molecule has 24 heavy (non-hydrogen) atoms. The van der Waals surface area contributed by atoms with E-state index in [9.17, 15) is 9.46 Å². The van der Waals surface area contributed by atoms with Gasteiger partial charge in [-0.1, -0.05) is 0 Å². The predicted octanol–water partition coefficient (Wildman–Crippen LogP) is 1.68. The van der Waals surface area contributed by atoms with Crippen molar-refractivity contribution in [3.63, 3.8) is 0 Å². The minimum absolute atomic E-state index is 0.217. The van der Waals surface area contributed by atoms with Crippen molar-refractivity contribution in [1.29, 1.82) is 0 Å². The summed E-state index contributed by atoms with van der Waals surface area (Å²) in [5.41, 5.74) is 6.84. The van der Waals surface area contributed by atoms with E-state index in [1.807, 2.05) is 0 Å². The first-order valence-electron chi connectivity index (χ1n) is 7.53. The zero-order valence-corrected chi connectivity index (χ0v) is 15.2. The Kier molecular flexibility index (Phi) is 7.00. The van der Waals surface area contributed by atoms with Crippen LogP contribution in [0.1, 0.15) is 19.8 Å². The first-order valence-corrected chi connectivity index (χ1v) is 9.92. The second-order valence-electron chi connectivity index (χ2n) is 5.34. The molecule has 2 rings (SSSR count). The summed E-state index contributed by atoms with van der Waals surface area (Å²) in [4.78, 5) is 21.9. The summed E-state index contributed by atoms with van der Waals surface area (Å²) in [6, 6.07) is 0. The molecule has 0 saturated heterocycles. The summed E-state index contributed by atoms with van der Waals surface area (Å²) in [6.07, 6.45) is 3.77. The highest BCUT2D eigenvalue weighted by atomic mass is 32.1. The SMILES string of the molecule is C[C@H](Cn1cnc2c(N)ncnc21)OCP(=O)(O)OCCCCS. The number of hydrogen-bond donors (Lipinski definition) is 3. The Morgan fingerprint density at radius 1 is 1.42 bits per heavy atom. The van der Waals surface area contributed by atoms with E-state index in [0.29, 0.717) is 29.9 Å². The lowest BCUT2D eigenvalue weighted by atomic mass is 10.4. The minimum Gasteiger partial charge on any atom is -0.382 e. The molecule has 0 saturated carbocycles. The van der Waals surface area contributed by atoms with Crippen molar-refractivity contribution in [3.8, 4) is 0 Å². The van der Waals surface area contributed by atoms with Crippen molar-refractivity contribution in [3.05, 3.63) is 12.7 Å². The molecule has 0 fully saturated rings. The third kappa shape index (κ3) is 5.42. The quantitative estimate of drug-likeness (QED) is 0.325. The summed E-state index contributed by atoms with van der Waals surface area (Å²) < 4.78 is 24.1. The molecule has 3 N–H and O–H groups in total. The standard InChI is InChI=1S/C13H22N5O4PS/c1-10(21-9-23(19,20)22-4-2-3-5-24)6-18-8-17-11-12(14)15-7-16-13(11)18/h7-8,10,24H,2-6,9H2,1H3,(H,19,20)(H2,14,15,16)/t10-/m1/s1. The van der Waals surface area contributed by atoms with E-state index in [2.05, 4.69) is 27.6 Å². The Bertz CT molecular complexity index is 713. The van der Waals surface area contributed by atoms with Crippen LogP contribution in [0.15, 0.2) is 12.7 Å². The van der Waals surface area contributed by atoms with Gasteiger partial charge in [-0.3, -0.25) is 4.57 Å². The van der Waals surface area contributed by atoms with Gasteiger partial charge in [-0.2, -0.15) is 12.6 Å². The van der Waals surface area contributed by atoms with Gasteiger partial charge >= 0.3 is 7.60 Å². The fourth-order valence-electron chi connectivity index (χ4n) is 2.04. The van der Waals surface area contributed by atoms with Gasteiger partial charge in [0.15, 0.2) is 11.5 Å². The normalized spacial score (nSPS) is 15.5. The maximum Gasteiger partial charge on any atom is 0.353 e. The number of hydrogen-bond acceptors (Lipinski definition) is 8. The van der Waals surface area contributed by atoms with Crippen LogP contribution in [-0.4, -0.2) is 49.2 Å². The van der Waals surface area contributed by atoms with Crippen LogP contribution < -0.4 is 5.73 Å². The molecule has 134 valence electrons. The van der Waals surface area contributed by atoms with Crippen LogP contribution in [0, 0.1) is 0 Å². The highest BCUT2D eigenvalue weighted by Crippen LogP contribution is 2.42. The average molecular weight is 375 g/mol. The largest absolute Gasteiger partial charge is 0.382 e. The summed E-state index contributed by atoms with van der Waals surface area (Å²) in [5.74, 6) is 1.03. The third-order valence-corrected chi connectivity index (χ3v) is 4.63. The van der Waals surface area contributed by atoms with Gasteiger partial charge in [0.2, 0.25) is 0 Å². The van der Waals surface area contributed by atoms with Gasteiger partial charge in [-0.25, -0.2) is 15.0 Å². The number of aromatic nitrogens is 4. The van der Waals surface area contributed by atoms with Crippen LogP contribution in [0.2, 0.25) is 0 Å². The number of anilines is 1. The fraction of sp³-hybridized carbons (Fsp3) is 0.615. The number of unbranched alkanes of at least 4 members (excludes halogenated alkanes) is 1. The number of imidazole rings is 1. The molecule has 0 bridgehead atoms. The Balaban J connectivity index is 1.85. The van der Waals surface area contributed by atoms with Gasteiger partial charge in [0.05, 0.1) is 25.6 Å². The van der Waals surface area contributed by atoms with Crippen LogP contribution in [-0.2, 0) is 20.4 Å². The monoisotopic (exact) mass is 375 g/mol. The van der Waals surface area contributed by atoms with Crippen LogP contribution in [0.4, 0.5) is 5.82 Å². The lowest BCUT2D eigenvalue weighted by molar-refractivity contribution is 0.0716. The number of nitrogen functional groups attached to an aromatic ring is 1. The molecule has 9 nitrogen and oxygen atoms in total. The highest BCUT2D eigenvalue weighted by molar-refractivity contribution is 7.80. The fourth-order valence-corrected chi connectivity index (χ4v) is 3.20. The zero-order chi connectivity index (χ0) is 17.6. The molecule has 1 unspecified atom stereocenters. The van der Waals surface area contributed by atoms with E-state index in [1.165, 1.54) is 6.33 Å². The number of nitrogens with two attached hydrogens (primary N) is 1. The van der Waals surface area contributed by atoms with E-state index in [1.54, 1.807) is 17.8 Å². The lowest BCUT2D eigenvalue weighted by Gasteiger charge is -2.17. The molecule has 0 radical (unpaired) electrons. The van der Waals surface area contributed by atoms with E-state index in [4.69, 9.17) is 15.0 Å². The first kappa shape index (κ1) is 19.1. The van der Waals surface area contributed by atoms with Crippen molar-refractivity contribution in [2.75, 3.05) is 24.4 Å². The number of ether oxygens (including phenoxy) is 1. The Labute approximate surface area is 145 Å². The molecular formula is C13H22N5O4PS. The molecule has 0 spiro atoms. The van der Waals surface area contributed by atoms with Crippen molar-refractivity contribution in [2.24, 2.45) is 0 Å². The van der Waals surface area contributed by atoms with Gasteiger partial charge in [-0.15, -0.1) is 0 Å². The Morgan fingerprint density at radius 2 is 2.21 bits per heavy atom. The lowest BCUT2D eigenvalue weighted by Crippen LogP contribution is -2.17. The number of nitrogens with zero attached hydrogens (tertiary/aromatic N) is 4. The molecule has 0 aliphatic heterocycles. The van der Waals surface area contributed by atoms with Gasteiger partial charge in [-0.05, 0) is 25.5 Å². The highest BCUT2D eigenvalue weighted by Gasteiger charge is 2.21. The molecule has 0 aromatic carbocycles. The van der Waals surface area contributed by atoms with Crippen molar-refractivity contribution >= 4 is 37.2 Å². The van der Waals surface area contributed by atoms with Crippen LogP contribution in [0.3, 0.4) is 0 Å². The van der Waals surface area contributed by atoms with Crippen molar-refractivity contribution in [2.45, 2.75) is 32.4 Å². The summed E-state index contributed by atoms with van der Waals surface area (Å²) in [7, 11) is -3.75. The van der Waals surface area contributed by atoms with Crippen LogP contribution in [0.25, 0.3) is 11.2 Å². The Morgan fingerprint density at radius 3 is 2.96 bits per heavy atom. The molecule has 2 aromatic heterocycles. The summed E-state index contributed by atoms with van der Waals surface area (Å²) in [6.45, 7) is 2.42. The molecule has 2 heterocycles. The van der Waals surface area contributed by atoms with Crippen molar-refractivity contribution in [1.82, 2.24) is 19.5 Å². The number of fused-ring (bicyclic) bond motifs is 1. The van der Waals surface area contributed by atoms with E-state index >= 15 is 0 Å². The average Bonchev–Trinajstić information content (AvgIpc) is 2.94. The smallest absolute Gasteiger partial charge is 0.353 e. The maximum atomic E-state index is 11.9. The molecular weight excluding hydrogens is 353 g/mol. The molecule has 11 heteroatoms. The Hall–Kier alpha value is -1.19. The minimum atomic E-state index is -3.75. The van der Waals surface area contributed by atoms with Crippen LogP contribution in [0.5, 0.6) is 0 Å². The van der Waals surface area contributed by atoms with Gasteiger partial charge in [0.25, 0.3) is 0 Å². The first-order chi connectivity index (χ1) is 11.4. The van der Waals surface area contributed by atoms with Gasteiger partial charge in [0, 0.05) is 0 Å². The van der Waals surface area contributed by atoms with Gasteiger partial charge in [0.1, 0.15) is 18.2 Å². The molecule has 2 aromatic rings. The summed E-state index contributed by atoms with van der Waals surface area (Å²) in [5, 5.41) is 0. The zero-order valence-electron chi connectivity index (χ0n) is 13.4. The van der Waals surface area contributed by atoms with E-state index in [-0.39, 0.29) is 19.1 Å². The number of thiol groups is 1. The van der Waals surface area contributed by atoms with Crippen LogP contribution >= 0.6 is 20.2 Å². The number of rotatable bonds is 10. The molecule has 0 aliphatic carbocycles. The molecule has 0 aliphatic rings. The topological polar surface area (TPSA) is 125 Å². The van der Waals surface area contributed by atoms with E-state index in [0.717, 1.165) is 12.2 Å². The molecule has 0 amide bonds. The third-order valence-electron chi connectivity index (χ3n) is 3.25. The predicted molar refractivity (Wildman–Crippen MR) is 94.0 cm³/mol. The van der Waals surface area contributed by atoms with Crippen molar-refractivity contribution < 1.29 is 18.7 Å². The second kappa shape index (κ2) is 8.77. The second-order valence-corrected chi connectivity index (χ2v) is 7.57. The van der Waals surface area contributed by atoms with E-state index < -0.39 is 7.60 Å². The molecule has 2 atom stereocenters. The van der Waals surface area contributed by atoms with Gasteiger partial charge < -0.3 is 24.5 Å².